The van der Waals surface area contributed by atoms with Gasteiger partial charge >= 0.3 is 0 Å². The SMILES string of the molecule is CCOc1ccc2nc(NC(=O)COc3cc(/C=C\c4cc(OC)c(OC)c(OC)c4)ccc3OC)sc2c1. The normalized spacial score (nSPS) is 10.9. The predicted octanol–water partition coefficient (Wildman–Crippen LogP) is 5.92. The number of nitrogens with one attached hydrogen (secondary N) is 1. The number of carbonyl (C=O) groups is 1. The highest BCUT2D eigenvalue weighted by Crippen LogP contribution is 2.39. The van der Waals surface area contributed by atoms with Crippen molar-refractivity contribution in [1.29, 1.82) is 0 Å². The highest BCUT2D eigenvalue weighted by molar-refractivity contribution is 7.22. The molecule has 1 N–H and O–H groups in total. The van der Waals surface area contributed by atoms with Gasteiger partial charge in [-0.3, -0.25) is 10.1 Å². The quantitative estimate of drug-likeness (QED) is 0.217. The van der Waals surface area contributed by atoms with Crippen LogP contribution in [0.4, 0.5) is 5.13 Å². The van der Waals surface area contributed by atoms with Crippen LogP contribution in [0.15, 0.2) is 48.5 Å². The number of nitrogens with zero attached hydrogens (tertiary/aromatic N) is 1. The Morgan fingerprint density at radius 2 is 1.51 bits per heavy atom. The van der Waals surface area contributed by atoms with Gasteiger partial charge in [-0.05, 0) is 60.5 Å². The lowest BCUT2D eigenvalue weighted by atomic mass is 10.1. The summed E-state index contributed by atoms with van der Waals surface area (Å²) in [5.74, 6) is 3.02. The molecule has 1 heterocycles. The molecule has 9 nitrogen and oxygen atoms in total. The standard InChI is InChI=1S/C29H30N2O7S/c1-6-37-20-10-11-21-26(16-20)39-29(30-21)31-27(32)17-38-23-13-18(9-12-22(23)33-2)7-8-19-14-24(34-3)28(36-5)25(15-19)35-4/h7-16H,6,17H2,1-5H3,(H,30,31,32)/b8-7-. The molecule has 0 aliphatic rings. The molecule has 0 aliphatic heterocycles. The van der Waals surface area contributed by atoms with Crippen LogP contribution in [0.2, 0.25) is 0 Å². The highest BCUT2D eigenvalue weighted by atomic mass is 32.1. The summed E-state index contributed by atoms with van der Waals surface area (Å²) in [6, 6.07) is 14.8. The van der Waals surface area contributed by atoms with Crippen LogP contribution in [0.25, 0.3) is 22.4 Å². The second kappa shape index (κ2) is 12.9. The van der Waals surface area contributed by atoms with E-state index >= 15 is 0 Å². The summed E-state index contributed by atoms with van der Waals surface area (Å²) in [5, 5.41) is 3.28. The number of ether oxygens (including phenoxy) is 6. The lowest BCUT2D eigenvalue weighted by molar-refractivity contribution is -0.118. The van der Waals surface area contributed by atoms with Gasteiger partial charge in [0, 0.05) is 0 Å². The second-order valence-electron chi connectivity index (χ2n) is 8.12. The van der Waals surface area contributed by atoms with Crippen LogP contribution in [-0.2, 0) is 4.79 Å². The Balaban J connectivity index is 1.45. The van der Waals surface area contributed by atoms with E-state index in [1.807, 2.05) is 55.5 Å². The fourth-order valence-electron chi connectivity index (χ4n) is 3.81. The van der Waals surface area contributed by atoms with E-state index in [0.717, 1.165) is 27.1 Å². The van der Waals surface area contributed by atoms with Crippen molar-refractivity contribution >= 4 is 44.7 Å². The third kappa shape index (κ3) is 6.71. The Kier molecular flexibility index (Phi) is 9.11. The topological polar surface area (TPSA) is 97.4 Å². The lowest BCUT2D eigenvalue weighted by Gasteiger charge is -2.13. The summed E-state index contributed by atoms with van der Waals surface area (Å²) >= 11 is 1.37. The number of hydrogen-bond donors (Lipinski definition) is 1. The summed E-state index contributed by atoms with van der Waals surface area (Å²) in [6.45, 7) is 2.30. The van der Waals surface area contributed by atoms with Gasteiger partial charge in [0.05, 0.1) is 45.3 Å². The van der Waals surface area contributed by atoms with Gasteiger partial charge < -0.3 is 28.4 Å². The number of rotatable bonds is 12. The van der Waals surface area contributed by atoms with Crippen molar-refractivity contribution in [3.63, 3.8) is 0 Å². The first-order chi connectivity index (χ1) is 19.0. The van der Waals surface area contributed by atoms with Gasteiger partial charge in [-0.25, -0.2) is 4.98 Å². The molecule has 0 atom stereocenters. The van der Waals surface area contributed by atoms with Crippen molar-refractivity contribution in [2.24, 2.45) is 0 Å². The van der Waals surface area contributed by atoms with Crippen LogP contribution in [0.3, 0.4) is 0 Å². The van der Waals surface area contributed by atoms with Crippen LogP contribution in [0.1, 0.15) is 18.1 Å². The minimum Gasteiger partial charge on any atom is -0.494 e. The Morgan fingerprint density at radius 3 is 2.18 bits per heavy atom. The van der Waals surface area contributed by atoms with E-state index in [1.54, 1.807) is 40.6 Å². The Bertz CT molecular complexity index is 1460. The molecule has 0 saturated heterocycles. The number of methoxy groups -OCH3 is 4. The first-order valence-electron chi connectivity index (χ1n) is 12.1. The molecule has 4 aromatic rings. The minimum atomic E-state index is -0.334. The number of carbonyl (C=O) groups excluding carboxylic acids is 1. The van der Waals surface area contributed by atoms with E-state index in [4.69, 9.17) is 28.4 Å². The largest absolute Gasteiger partial charge is 0.494 e. The van der Waals surface area contributed by atoms with E-state index in [-0.39, 0.29) is 12.5 Å². The Morgan fingerprint density at radius 1 is 0.821 bits per heavy atom. The lowest BCUT2D eigenvalue weighted by Crippen LogP contribution is -2.20. The van der Waals surface area contributed by atoms with Gasteiger partial charge in [-0.1, -0.05) is 29.6 Å². The highest BCUT2D eigenvalue weighted by Gasteiger charge is 2.13. The molecule has 0 radical (unpaired) electrons. The van der Waals surface area contributed by atoms with Gasteiger partial charge in [-0.15, -0.1) is 0 Å². The fraction of sp³-hybridized carbons (Fsp3) is 0.241. The first kappa shape index (κ1) is 27.6. The summed E-state index contributed by atoms with van der Waals surface area (Å²) in [4.78, 5) is 17.1. The molecule has 4 rings (SSSR count). The smallest absolute Gasteiger partial charge is 0.264 e. The van der Waals surface area contributed by atoms with Crippen LogP contribution in [-0.4, -0.2) is 52.5 Å². The average Bonchev–Trinajstić information content (AvgIpc) is 3.35. The van der Waals surface area contributed by atoms with Gasteiger partial charge in [0.1, 0.15) is 5.75 Å². The molecule has 3 aromatic carbocycles. The molecule has 0 aliphatic carbocycles. The predicted molar refractivity (Wildman–Crippen MR) is 153 cm³/mol. The summed E-state index contributed by atoms with van der Waals surface area (Å²) in [5.41, 5.74) is 2.48. The molecule has 10 heteroatoms. The van der Waals surface area contributed by atoms with E-state index < -0.39 is 0 Å². The number of benzene rings is 3. The number of aromatic nitrogens is 1. The van der Waals surface area contributed by atoms with Crippen LogP contribution in [0.5, 0.6) is 34.5 Å². The average molecular weight is 551 g/mol. The number of amides is 1. The summed E-state index contributed by atoms with van der Waals surface area (Å²) in [6.07, 6.45) is 3.82. The Hall–Kier alpha value is -4.44. The molecule has 0 spiro atoms. The van der Waals surface area contributed by atoms with Gasteiger partial charge in [0.15, 0.2) is 34.7 Å². The third-order valence-corrected chi connectivity index (χ3v) is 6.55. The molecule has 0 bridgehead atoms. The maximum absolute atomic E-state index is 12.6. The van der Waals surface area contributed by atoms with Crippen molar-refractivity contribution in [2.45, 2.75) is 6.92 Å². The summed E-state index contributed by atoms with van der Waals surface area (Å²) < 4.78 is 33.9. The number of thiazole rings is 1. The van der Waals surface area contributed by atoms with Crippen molar-refractivity contribution in [3.05, 3.63) is 59.7 Å². The molecule has 1 aromatic heterocycles. The van der Waals surface area contributed by atoms with Crippen LogP contribution >= 0.6 is 11.3 Å². The molecule has 204 valence electrons. The molecule has 0 saturated carbocycles. The molecule has 1 amide bonds. The molecular weight excluding hydrogens is 520 g/mol. The maximum Gasteiger partial charge on any atom is 0.264 e. The van der Waals surface area contributed by atoms with Crippen molar-refractivity contribution in [3.8, 4) is 34.5 Å². The molecule has 0 unspecified atom stereocenters. The minimum absolute atomic E-state index is 0.212. The molecule has 39 heavy (non-hydrogen) atoms. The number of fused-ring (bicyclic) bond motifs is 1. The summed E-state index contributed by atoms with van der Waals surface area (Å²) in [7, 11) is 6.25. The monoisotopic (exact) mass is 550 g/mol. The van der Waals surface area contributed by atoms with Crippen molar-refractivity contribution in [2.75, 3.05) is 47.0 Å². The number of hydrogen-bond acceptors (Lipinski definition) is 9. The van der Waals surface area contributed by atoms with Crippen molar-refractivity contribution < 1.29 is 33.2 Å². The van der Waals surface area contributed by atoms with E-state index in [2.05, 4.69) is 10.3 Å². The zero-order chi connectivity index (χ0) is 27.8. The first-order valence-corrected chi connectivity index (χ1v) is 12.9. The third-order valence-electron chi connectivity index (χ3n) is 5.62. The van der Waals surface area contributed by atoms with Crippen molar-refractivity contribution in [1.82, 2.24) is 4.98 Å². The second-order valence-corrected chi connectivity index (χ2v) is 9.15. The number of anilines is 1. The van der Waals surface area contributed by atoms with Gasteiger partial charge in [0.2, 0.25) is 5.75 Å². The fourth-order valence-corrected chi connectivity index (χ4v) is 4.72. The zero-order valence-corrected chi connectivity index (χ0v) is 23.2. The molecular formula is C29H30N2O7S. The van der Waals surface area contributed by atoms with Crippen LogP contribution < -0.4 is 33.7 Å². The van der Waals surface area contributed by atoms with Gasteiger partial charge in [-0.2, -0.15) is 0 Å². The van der Waals surface area contributed by atoms with E-state index in [0.29, 0.717) is 40.5 Å². The van der Waals surface area contributed by atoms with E-state index in [9.17, 15) is 4.79 Å². The maximum atomic E-state index is 12.6. The zero-order valence-electron chi connectivity index (χ0n) is 22.4. The van der Waals surface area contributed by atoms with E-state index in [1.165, 1.54) is 11.3 Å². The molecule has 0 fully saturated rings. The van der Waals surface area contributed by atoms with Gasteiger partial charge in [0.25, 0.3) is 5.91 Å². The van der Waals surface area contributed by atoms with Crippen LogP contribution in [0, 0.1) is 0 Å². The Labute approximate surface area is 230 Å².